The van der Waals surface area contributed by atoms with E-state index in [0.717, 1.165) is 12.8 Å². The topological polar surface area (TPSA) is 52.6 Å². The van der Waals surface area contributed by atoms with E-state index in [4.69, 9.17) is 4.74 Å². The van der Waals surface area contributed by atoms with Crippen LogP contribution in [0, 0.1) is 16.7 Å². The average Bonchev–Trinajstić information content (AvgIpc) is 2.79. The lowest BCUT2D eigenvalue weighted by Gasteiger charge is -2.38. The third-order valence-corrected chi connectivity index (χ3v) is 6.12. The highest BCUT2D eigenvalue weighted by molar-refractivity contribution is 5.95. The number of hydrogen-bond acceptors (Lipinski definition) is 4. The molecule has 2 aliphatic carbocycles. The number of carbonyl (C=O) groups is 2. The molecule has 2 rings (SSSR count). The van der Waals surface area contributed by atoms with Gasteiger partial charge in [-0.25, -0.2) is 9.59 Å². The Bertz CT molecular complexity index is 543. The zero-order valence-electron chi connectivity index (χ0n) is 14.2. The van der Waals surface area contributed by atoms with Crippen molar-refractivity contribution in [2.24, 2.45) is 16.7 Å². The molecule has 0 aromatic rings. The van der Waals surface area contributed by atoms with E-state index in [9.17, 15) is 9.59 Å². The second-order valence-corrected chi connectivity index (χ2v) is 7.35. The largest absolute Gasteiger partial charge is 0.465 e. The van der Waals surface area contributed by atoms with Crippen molar-refractivity contribution in [1.82, 2.24) is 0 Å². The van der Waals surface area contributed by atoms with Crippen molar-refractivity contribution < 1.29 is 19.1 Å². The Hall–Kier alpha value is -1.58. The van der Waals surface area contributed by atoms with E-state index < -0.39 is 5.97 Å². The summed E-state index contributed by atoms with van der Waals surface area (Å²) < 4.78 is 10.3. The van der Waals surface area contributed by atoms with Crippen LogP contribution in [0.4, 0.5) is 0 Å². The van der Waals surface area contributed by atoms with Crippen LogP contribution in [0.25, 0.3) is 0 Å². The molecule has 2 aliphatic rings. The van der Waals surface area contributed by atoms with E-state index in [-0.39, 0.29) is 28.5 Å². The molecule has 0 spiro atoms. The molecule has 0 aromatic heterocycles. The number of ether oxygens (including phenoxy) is 2. The van der Waals surface area contributed by atoms with Crippen molar-refractivity contribution in [1.29, 1.82) is 0 Å². The third kappa shape index (κ3) is 2.49. The van der Waals surface area contributed by atoms with Crippen LogP contribution in [0.1, 0.15) is 47.0 Å². The van der Waals surface area contributed by atoms with Crippen molar-refractivity contribution >= 4 is 11.9 Å². The molecule has 2 fully saturated rings. The fourth-order valence-electron chi connectivity index (χ4n) is 4.04. The molecule has 0 amide bonds. The van der Waals surface area contributed by atoms with Gasteiger partial charge in [-0.2, -0.15) is 0 Å². The predicted molar refractivity (Wildman–Crippen MR) is 84.0 cm³/mol. The maximum absolute atomic E-state index is 12.3. The Kier molecular flexibility index (Phi) is 4.24. The molecule has 0 radical (unpaired) electrons. The van der Waals surface area contributed by atoms with Gasteiger partial charge in [-0.15, -0.1) is 0 Å². The average molecular weight is 306 g/mol. The van der Waals surface area contributed by atoms with Crippen LogP contribution in [0.15, 0.2) is 23.8 Å². The van der Waals surface area contributed by atoms with Crippen molar-refractivity contribution in [3.63, 3.8) is 0 Å². The Morgan fingerprint density at radius 1 is 1.23 bits per heavy atom. The van der Waals surface area contributed by atoms with E-state index >= 15 is 0 Å². The van der Waals surface area contributed by atoms with Gasteiger partial charge in [0.05, 0.1) is 12.7 Å². The summed E-state index contributed by atoms with van der Waals surface area (Å²) in [4.78, 5) is 23.6. The molecule has 2 bridgehead atoms. The summed E-state index contributed by atoms with van der Waals surface area (Å²) in [6, 6.07) is 0. The van der Waals surface area contributed by atoms with E-state index in [1.165, 1.54) is 19.6 Å². The molecule has 0 saturated heterocycles. The number of hydrogen-bond donors (Lipinski definition) is 0. The highest BCUT2D eigenvalue weighted by Crippen LogP contribution is 2.66. The molecule has 2 saturated carbocycles. The number of esters is 2. The molecule has 0 aliphatic heterocycles. The first-order valence-corrected chi connectivity index (χ1v) is 7.80. The molecule has 0 aromatic carbocycles. The Labute approximate surface area is 132 Å². The maximum atomic E-state index is 12.3. The van der Waals surface area contributed by atoms with Gasteiger partial charge >= 0.3 is 11.9 Å². The molecule has 122 valence electrons. The standard InChI is InChI=1S/C18H26O4/c1-11(15(19)21-6)9-12(2)16(20)22-14-10-13-7-8-18(14,5)17(13,3)4/h9,13-14H,1,7-8,10H2,2-6H3/b12-9+. The van der Waals surface area contributed by atoms with Crippen LogP contribution in [0.3, 0.4) is 0 Å². The molecule has 22 heavy (non-hydrogen) atoms. The molecule has 0 N–H and O–H groups in total. The van der Waals surface area contributed by atoms with E-state index in [1.807, 2.05) is 0 Å². The summed E-state index contributed by atoms with van der Waals surface area (Å²) in [5, 5.41) is 0. The van der Waals surface area contributed by atoms with Gasteiger partial charge in [0.25, 0.3) is 0 Å². The second kappa shape index (κ2) is 5.56. The predicted octanol–water partition coefficient (Wildman–Crippen LogP) is 3.42. The van der Waals surface area contributed by atoms with Crippen LogP contribution in [0.5, 0.6) is 0 Å². The molecule has 0 heterocycles. The molecule has 4 heteroatoms. The van der Waals surface area contributed by atoms with Crippen LogP contribution in [-0.4, -0.2) is 25.2 Å². The van der Waals surface area contributed by atoms with Crippen LogP contribution in [0.2, 0.25) is 0 Å². The summed E-state index contributed by atoms with van der Waals surface area (Å²) in [5.74, 6) is -0.301. The second-order valence-electron chi connectivity index (χ2n) is 7.35. The van der Waals surface area contributed by atoms with Gasteiger partial charge in [0.15, 0.2) is 0 Å². The van der Waals surface area contributed by atoms with Crippen LogP contribution in [-0.2, 0) is 19.1 Å². The highest BCUT2D eigenvalue weighted by Gasteiger charge is 2.62. The Balaban J connectivity index is 2.06. The smallest absolute Gasteiger partial charge is 0.337 e. The van der Waals surface area contributed by atoms with Crippen molar-refractivity contribution in [2.75, 3.05) is 7.11 Å². The summed E-state index contributed by atoms with van der Waals surface area (Å²) in [7, 11) is 1.28. The van der Waals surface area contributed by atoms with Gasteiger partial charge in [0, 0.05) is 11.0 Å². The van der Waals surface area contributed by atoms with E-state index in [0.29, 0.717) is 11.5 Å². The zero-order valence-corrected chi connectivity index (χ0v) is 14.2. The lowest BCUT2D eigenvalue weighted by Crippen LogP contribution is -2.38. The van der Waals surface area contributed by atoms with Crippen molar-refractivity contribution in [3.05, 3.63) is 23.8 Å². The molecule has 3 atom stereocenters. The minimum Gasteiger partial charge on any atom is -0.465 e. The zero-order chi connectivity index (χ0) is 16.7. The molecule has 3 unspecified atom stereocenters. The van der Waals surface area contributed by atoms with Gasteiger partial charge in [0.1, 0.15) is 6.10 Å². The quantitative estimate of drug-likeness (QED) is 0.454. The molecule has 4 nitrogen and oxygen atoms in total. The fourth-order valence-corrected chi connectivity index (χ4v) is 4.04. The highest BCUT2D eigenvalue weighted by atomic mass is 16.5. The monoisotopic (exact) mass is 306 g/mol. The van der Waals surface area contributed by atoms with Gasteiger partial charge < -0.3 is 9.47 Å². The van der Waals surface area contributed by atoms with Gasteiger partial charge in [-0.1, -0.05) is 27.4 Å². The summed E-state index contributed by atoms with van der Waals surface area (Å²) in [6.45, 7) is 12.0. The van der Waals surface area contributed by atoms with E-state index in [1.54, 1.807) is 6.92 Å². The van der Waals surface area contributed by atoms with Crippen molar-refractivity contribution in [2.45, 2.75) is 53.1 Å². The normalized spacial score (nSPS) is 32.7. The van der Waals surface area contributed by atoms with Crippen LogP contribution >= 0.6 is 0 Å². The Morgan fingerprint density at radius 3 is 2.32 bits per heavy atom. The van der Waals surface area contributed by atoms with Gasteiger partial charge in [-0.05, 0) is 43.6 Å². The summed E-state index contributed by atoms with van der Waals surface area (Å²) in [6.07, 6.45) is 4.62. The molecular weight excluding hydrogens is 280 g/mol. The summed E-state index contributed by atoms with van der Waals surface area (Å²) in [5.41, 5.74) is 0.758. The minimum absolute atomic E-state index is 0.0347. The van der Waals surface area contributed by atoms with E-state index in [2.05, 4.69) is 32.1 Å². The van der Waals surface area contributed by atoms with Gasteiger partial charge in [0.2, 0.25) is 0 Å². The lowest BCUT2D eigenvalue weighted by molar-refractivity contribution is -0.151. The number of rotatable bonds is 4. The third-order valence-electron chi connectivity index (χ3n) is 6.12. The fraction of sp³-hybridized carbons (Fsp3) is 0.667. The summed E-state index contributed by atoms with van der Waals surface area (Å²) >= 11 is 0. The number of fused-ring (bicyclic) bond motifs is 2. The molecular formula is C18H26O4. The SMILES string of the molecule is C=C(/C=C(\C)C(=O)OC1CC2CCC1(C)C2(C)C)C(=O)OC. The lowest BCUT2D eigenvalue weighted by atomic mass is 9.70. The van der Waals surface area contributed by atoms with Crippen LogP contribution < -0.4 is 0 Å². The number of methoxy groups -OCH3 is 1. The first-order valence-electron chi connectivity index (χ1n) is 7.80. The van der Waals surface area contributed by atoms with Crippen molar-refractivity contribution in [3.8, 4) is 0 Å². The number of carbonyl (C=O) groups excluding carboxylic acids is 2. The minimum atomic E-state index is -0.542. The van der Waals surface area contributed by atoms with Gasteiger partial charge in [-0.3, -0.25) is 0 Å². The first kappa shape index (κ1) is 16.8. The Morgan fingerprint density at radius 2 is 1.86 bits per heavy atom. The maximum Gasteiger partial charge on any atom is 0.337 e. The first-order chi connectivity index (χ1) is 10.1.